The predicted octanol–water partition coefficient (Wildman–Crippen LogP) is 3.72. The lowest BCUT2D eigenvalue weighted by atomic mass is 10.0. The van der Waals surface area contributed by atoms with Gasteiger partial charge in [-0.3, -0.25) is 0 Å². The van der Waals surface area contributed by atoms with Gasteiger partial charge in [0.15, 0.2) is 0 Å². The van der Waals surface area contributed by atoms with E-state index in [1.54, 1.807) is 0 Å². The summed E-state index contributed by atoms with van der Waals surface area (Å²) in [5.41, 5.74) is 1.36. The summed E-state index contributed by atoms with van der Waals surface area (Å²) in [4.78, 5) is 0. The van der Waals surface area contributed by atoms with E-state index in [1.807, 2.05) is 0 Å². The second-order valence-electron chi connectivity index (χ2n) is 8.94. The molecular weight excluding hydrogens is 410 g/mol. The Morgan fingerprint density at radius 2 is 1.21 bits per heavy atom. The molecule has 0 aliphatic carbocycles. The number of hydrogen-bond acceptors (Lipinski definition) is 1. The van der Waals surface area contributed by atoms with Gasteiger partial charge >= 0.3 is 0 Å². The molecule has 1 rings (SSSR count). The van der Waals surface area contributed by atoms with Crippen LogP contribution in [0.1, 0.15) is 96.0 Å². The first kappa shape index (κ1) is 27.6. The molecule has 0 saturated carbocycles. The highest BCUT2D eigenvalue weighted by molar-refractivity contribution is 5.13. The predicted molar refractivity (Wildman–Crippen MR) is 119 cm³/mol. The van der Waals surface area contributed by atoms with Crippen LogP contribution < -0.4 is 17.0 Å². The van der Waals surface area contributed by atoms with Crippen LogP contribution in [-0.2, 0) is 6.54 Å². The van der Waals surface area contributed by atoms with Gasteiger partial charge in [-0.05, 0) is 6.42 Å². The topological polar surface area (TPSA) is 20.2 Å². The number of rotatable bonds is 17. The number of quaternary nitrogens is 1. The summed E-state index contributed by atoms with van der Waals surface area (Å²) >= 11 is 0. The number of likely N-dealkylation sites (N-methyl/N-ethyl adjacent to an activating group) is 1. The molecule has 1 aromatic rings. The normalized spacial score (nSPS) is 12.6. The van der Waals surface area contributed by atoms with Crippen molar-refractivity contribution in [1.29, 1.82) is 0 Å². The Kier molecular flexibility index (Phi) is 17.2. The Morgan fingerprint density at radius 1 is 0.750 bits per heavy atom. The average molecular weight is 457 g/mol. The molecule has 164 valence electrons. The first-order valence-electron chi connectivity index (χ1n) is 11.6. The van der Waals surface area contributed by atoms with Crippen LogP contribution in [0.2, 0.25) is 0 Å². The highest BCUT2D eigenvalue weighted by atomic mass is 79.9. The molecule has 3 heteroatoms. The monoisotopic (exact) mass is 455 g/mol. The zero-order chi connectivity index (χ0) is 19.8. The van der Waals surface area contributed by atoms with Crippen LogP contribution in [-0.4, -0.2) is 36.3 Å². The fraction of sp³-hybridized carbons (Fsp3) is 0.760. The fourth-order valence-corrected chi connectivity index (χ4v) is 4.07. The average Bonchev–Trinajstić information content (AvgIpc) is 2.66. The van der Waals surface area contributed by atoms with Crippen LogP contribution in [0.15, 0.2) is 30.3 Å². The van der Waals surface area contributed by atoms with Crippen LogP contribution in [0.25, 0.3) is 0 Å². The van der Waals surface area contributed by atoms with E-state index in [0.717, 1.165) is 17.4 Å². The van der Waals surface area contributed by atoms with E-state index in [4.69, 9.17) is 0 Å². The molecule has 0 fully saturated rings. The van der Waals surface area contributed by atoms with Crippen molar-refractivity contribution < 1.29 is 26.6 Å². The molecule has 1 atom stereocenters. The molecule has 0 aromatic heterocycles. The van der Waals surface area contributed by atoms with Gasteiger partial charge in [-0.15, -0.1) is 0 Å². The maximum Gasteiger partial charge on any atom is 0.112 e. The van der Waals surface area contributed by atoms with Crippen molar-refractivity contribution in [2.45, 2.75) is 103 Å². The fourth-order valence-electron chi connectivity index (χ4n) is 4.07. The Hall–Kier alpha value is -0.380. The molecule has 0 spiro atoms. The minimum atomic E-state index is 0. The van der Waals surface area contributed by atoms with Gasteiger partial charge in [0.25, 0.3) is 0 Å². The van der Waals surface area contributed by atoms with Crippen LogP contribution in [0.5, 0.6) is 0 Å². The second-order valence-corrected chi connectivity index (χ2v) is 8.94. The summed E-state index contributed by atoms with van der Waals surface area (Å²) in [5.74, 6) is 0. The first-order chi connectivity index (χ1) is 13.1. The van der Waals surface area contributed by atoms with Crippen LogP contribution in [0.4, 0.5) is 0 Å². The molecule has 0 aliphatic rings. The van der Waals surface area contributed by atoms with Gasteiger partial charge in [0.1, 0.15) is 12.6 Å². The highest BCUT2D eigenvalue weighted by Gasteiger charge is 2.27. The molecule has 1 N–H and O–H groups in total. The SMILES string of the molecule is CCCCCCCCCCCCCCC(CO)[N+](C)(C)Cc1ccccc1.[Br-]. The Balaban J connectivity index is 0.00000729. The third kappa shape index (κ3) is 13.0. The Labute approximate surface area is 186 Å². The molecule has 0 radical (unpaired) electrons. The zero-order valence-corrected chi connectivity index (χ0v) is 20.4. The Morgan fingerprint density at radius 3 is 1.68 bits per heavy atom. The van der Waals surface area contributed by atoms with Gasteiger partial charge in [-0.1, -0.05) is 108 Å². The summed E-state index contributed by atoms with van der Waals surface area (Å²) in [6.07, 6.45) is 17.8. The highest BCUT2D eigenvalue weighted by Crippen LogP contribution is 2.19. The minimum Gasteiger partial charge on any atom is -1.00 e. The van der Waals surface area contributed by atoms with Gasteiger partial charge in [-0.25, -0.2) is 0 Å². The molecule has 1 aromatic carbocycles. The number of benzene rings is 1. The molecule has 1 unspecified atom stereocenters. The van der Waals surface area contributed by atoms with Gasteiger partial charge in [-0.2, -0.15) is 0 Å². The number of aliphatic hydroxyl groups excluding tert-OH is 1. The van der Waals surface area contributed by atoms with Gasteiger partial charge in [0, 0.05) is 12.0 Å². The molecule has 0 bridgehead atoms. The molecule has 0 aliphatic heterocycles. The first-order valence-corrected chi connectivity index (χ1v) is 11.6. The molecule has 28 heavy (non-hydrogen) atoms. The lowest BCUT2D eigenvalue weighted by molar-refractivity contribution is -0.928. The number of aliphatic hydroxyl groups is 1. The zero-order valence-electron chi connectivity index (χ0n) is 18.8. The van der Waals surface area contributed by atoms with Crippen LogP contribution >= 0.6 is 0 Å². The summed E-state index contributed by atoms with van der Waals surface area (Å²) in [7, 11) is 4.52. The van der Waals surface area contributed by atoms with Crippen molar-refractivity contribution in [2.75, 3.05) is 20.7 Å². The van der Waals surface area contributed by atoms with Crippen LogP contribution in [0, 0.1) is 0 Å². The molecule has 0 heterocycles. The summed E-state index contributed by atoms with van der Waals surface area (Å²) in [5, 5.41) is 9.90. The Bertz CT molecular complexity index is 449. The van der Waals surface area contributed by atoms with Crippen molar-refractivity contribution in [3.05, 3.63) is 35.9 Å². The number of halogens is 1. The van der Waals surface area contributed by atoms with E-state index in [0.29, 0.717) is 6.04 Å². The number of hydrogen-bond donors (Lipinski definition) is 1. The lowest BCUT2D eigenvalue weighted by Crippen LogP contribution is -3.00. The third-order valence-corrected chi connectivity index (χ3v) is 6.02. The summed E-state index contributed by atoms with van der Waals surface area (Å²) in [6.45, 7) is 3.56. The van der Waals surface area contributed by atoms with Crippen molar-refractivity contribution in [3.8, 4) is 0 Å². The molecule has 2 nitrogen and oxygen atoms in total. The third-order valence-electron chi connectivity index (χ3n) is 6.02. The van der Waals surface area contributed by atoms with Crippen molar-refractivity contribution in [1.82, 2.24) is 0 Å². The smallest absolute Gasteiger partial charge is 0.112 e. The van der Waals surface area contributed by atoms with E-state index >= 15 is 0 Å². The summed E-state index contributed by atoms with van der Waals surface area (Å²) < 4.78 is 0.874. The van der Waals surface area contributed by atoms with E-state index in [1.165, 1.54) is 82.6 Å². The molecule has 0 amide bonds. The lowest BCUT2D eigenvalue weighted by Gasteiger charge is -2.37. The van der Waals surface area contributed by atoms with Gasteiger partial charge in [0.05, 0.1) is 20.7 Å². The van der Waals surface area contributed by atoms with Crippen molar-refractivity contribution >= 4 is 0 Å². The largest absolute Gasteiger partial charge is 1.00 e. The standard InChI is InChI=1S/C25H46NO.BrH/c1-4-5-6-7-8-9-10-11-12-13-14-18-21-25(23-27)26(2,3)22-24-19-16-15-17-20-24;/h15-17,19-20,25,27H,4-14,18,21-23H2,1-3H3;1H/q+1;/p-1. The van der Waals surface area contributed by atoms with Crippen molar-refractivity contribution in [3.63, 3.8) is 0 Å². The number of nitrogens with zero attached hydrogens (tertiary/aromatic N) is 1. The van der Waals surface area contributed by atoms with E-state index in [2.05, 4.69) is 51.4 Å². The van der Waals surface area contributed by atoms with Crippen molar-refractivity contribution in [2.24, 2.45) is 0 Å². The van der Waals surface area contributed by atoms with E-state index in [-0.39, 0.29) is 23.6 Å². The molecule has 0 saturated heterocycles. The van der Waals surface area contributed by atoms with Gasteiger partial charge in [0.2, 0.25) is 0 Å². The molecular formula is C25H46BrNO. The quantitative estimate of drug-likeness (QED) is 0.280. The second kappa shape index (κ2) is 17.5. The summed E-state index contributed by atoms with van der Waals surface area (Å²) in [6, 6.07) is 11.0. The maximum absolute atomic E-state index is 9.90. The van der Waals surface area contributed by atoms with E-state index in [9.17, 15) is 5.11 Å². The minimum absolute atomic E-state index is 0. The maximum atomic E-state index is 9.90. The van der Waals surface area contributed by atoms with Gasteiger partial charge < -0.3 is 26.6 Å². The van der Waals surface area contributed by atoms with Crippen LogP contribution in [0.3, 0.4) is 0 Å². The van der Waals surface area contributed by atoms with E-state index < -0.39 is 0 Å². The number of unbranched alkanes of at least 4 members (excludes halogenated alkanes) is 11.